The molecule has 23 heavy (non-hydrogen) atoms. The molecule has 5 nitrogen and oxygen atoms in total. The first-order valence-corrected chi connectivity index (χ1v) is 8.36. The summed E-state index contributed by atoms with van der Waals surface area (Å²) in [4.78, 5) is 9.41. The molecule has 3 aromatic rings. The summed E-state index contributed by atoms with van der Waals surface area (Å²) >= 11 is 0. The van der Waals surface area contributed by atoms with Gasteiger partial charge in [0, 0.05) is 30.8 Å². The van der Waals surface area contributed by atoms with Crippen molar-refractivity contribution in [3.05, 3.63) is 29.7 Å². The van der Waals surface area contributed by atoms with Gasteiger partial charge in [0.2, 0.25) is 0 Å². The van der Waals surface area contributed by atoms with Crippen molar-refractivity contribution in [1.29, 1.82) is 0 Å². The van der Waals surface area contributed by atoms with E-state index in [1.54, 1.807) is 0 Å². The number of nitrogens with one attached hydrogen (secondary N) is 1. The molecule has 0 saturated carbocycles. The Morgan fingerprint density at radius 2 is 2.22 bits per heavy atom. The van der Waals surface area contributed by atoms with Gasteiger partial charge in [-0.1, -0.05) is 6.92 Å². The standard InChI is InChI=1S/C18H22N4O/c1-4-19-18-20-14-10-13(5-6-15(14)23-18)17-12(3)22-8-7-11(2)9-16(22)21-17/h5-6,10-11H,4,7-9H2,1-3H3,(H,19,20). The normalized spacial score (nSPS) is 17.4. The maximum Gasteiger partial charge on any atom is 0.295 e. The molecule has 1 unspecified atom stereocenters. The molecule has 0 amide bonds. The number of hydrogen-bond donors (Lipinski definition) is 1. The molecule has 0 aliphatic carbocycles. The van der Waals surface area contributed by atoms with Crippen LogP contribution < -0.4 is 5.32 Å². The van der Waals surface area contributed by atoms with Gasteiger partial charge in [0.1, 0.15) is 11.3 Å². The highest BCUT2D eigenvalue weighted by Gasteiger charge is 2.21. The molecule has 1 aliphatic rings. The van der Waals surface area contributed by atoms with Gasteiger partial charge in [-0.25, -0.2) is 4.98 Å². The van der Waals surface area contributed by atoms with Crippen LogP contribution in [0.2, 0.25) is 0 Å². The maximum absolute atomic E-state index is 5.68. The summed E-state index contributed by atoms with van der Waals surface area (Å²) in [7, 11) is 0. The molecule has 2 aromatic heterocycles. The number of aromatic nitrogens is 3. The summed E-state index contributed by atoms with van der Waals surface area (Å²) in [5, 5.41) is 3.11. The fourth-order valence-corrected chi connectivity index (χ4v) is 3.38. The van der Waals surface area contributed by atoms with Crippen LogP contribution in [0.4, 0.5) is 6.01 Å². The van der Waals surface area contributed by atoms with Gasteiger partial charge in [0.05, 0.1) is 5.69 Å². The number of nitrogens with zero attached hydrogens (tertiary/aromatic N) is 3. The lowest BCUT2D eigenvalue weighted by atomic mass is 10.0. The number of rotatable bonds is 3. The van der Waals surface area contributed by atoms with Crippen LogP contribution in [0, 0.1) is 12.8 Å². The van der Waals surface area contributed by atoms with Gasteiger partial charge in [0.25, 0.3) is 6.01 Å². The molecule has 0 fully saturated rings. The lowest BCUT2D eigenvalue weighted by Crippen LogP contribution is -2.17. The molecule has 1 N–H and O–H groups in total. The van der Waals surface area contributed by atoms with Crippen LogP contribution in [0.25, 0.3) is 22.4 Å². The second-order valence-corrected chi connectivity index (χ2v) is 6.44. The van der Waals surface area contributed by atoms with Crippen molar-refractivity contribution in [2.24, 2.45) is 5.92 Å². The van der Waals surface area contributed by atoms with E-state index < -0.39 is 0 Å². The Labute approximate surface area is 135 Å². The molecule has 0 bridgehead atoms. The largest absolute Gasteiger partial charge is 0.424 e. The molecule has 4 rings (SSSR count). The molecule has 5 heteroatoms. The van der Waals surface area contributed by atoms with Crippen molar-refractivity contribution in [2.75, 3.05) is 11.9 Å². The Kier molecular flexibility index (Phi) is 3.36. The van der Waals surface area contributed by atoms with E-state index in [1.165, 1.54) is 17.9 Å². The van der Waals surface area contributed by atoms with Crippen LogP contribution in [0.3, 0.4) is 0 Å². The first-order chi connectivity index (χ1) is 11.2. The summed E-state index contributed by atoms with van der Waals surface area (Å²) in [5.74, 6) is 1.93. The van der Waals surface area contributed by atoms with Crippen molar-refractivity contribution >= 4 is 17.1 Å². The van der Waals surface area contributed by atoms with E-state index in [1.807, 2.05) is 13.0 Å². The first-order valence-electron chi connectivity index (χ1n) is 8.36. The molecular weight excluding hydrogens is 288 g/mol. The van der Waals surface area contributed by atoms with E-state index >= 15 is 0 Å². The van der Waals surface area contributed by atoms with E-state index in [4.69, 9.17) is 9.40 Å². The van der Waals surface area contributed by atoms with Gasteiger partial charge in [-0.05, 0) is 44.4 Å². The number of imidazole rings is 1. The Morgan fingerprint density at radius 3 is 3.04 bits per heavy atom. The van der Waals surface area contributed by atoms with Crippen LogP contribution >= 0.6 is 0 Å². The minimum atomic E-state index is 0.578. The maximum atomic E-state index is 5.68. The summed E-state index contributed by atoms with van der Waals surface area (Å²) in [5.41, 5.74) is 5.11. The molecule has 0 saturated heterocycles. The zero-order valence-electron chi connectivity index (χ0n) is 13.9. The smallest absolute Gasteiger partial charge is 0.295 e. The quantitative estimate of drug-likeness (QED) is 0.794. The lowest BCUT2D eigenvalue weighted by molar-refractivity contribution is 0.405. The summed E-state index contributed by atoms with van der Waals surface area (Å²) in [6.07, 6.45) is 2.30. The monoisotopic (exact) mass is 310 g/mol. The second kappa shape index (κ2) is 5.41. The van der Waals surface area contributed by atoms with Crippen LogP contribution in [0.5, 0.6) is 0 Å². The third kappa shape index (κ3) is 2.40. The van der Waals surface area contributed by atoms with Gasteiger partial charge in [-0.15, -0.1) is 0 Å². The minimum absolute atomic E-state index is 0.578. The predicted octanol–water partition coefficient (Wildman–Crippen LogP) is 4.01. The molecule has 1 aliphatic heterocycles. The van der Waals surface area contributed by atoms with Gasteiger partial charge < -0.3 is 14.3 Å². The molecule has 1 atom stereocenters. The van der Waals surface area contributed by atoms with Crippen LogP contribution in [-0.2, 0) is 13.0 Å². The zero-order valence-corrected chi connectivity index (χ0v) is 13.9. The zero-order chi connectivity index (χ0) is 16.0. The third-order valence-electron chi connectivity index (χ3n) is 4.67. The molecule has 1 aromatic carbocycles. The Morgan fingerprint density at radius 1 is 1.35 bits per heavy atom. The number of fused-ring (bicyclic) bond motifs is 2. The van der Waals surface area contributed by atoms with Crippen molar-refractivity contribution in [3.8, 4) is 11.3 Å². The van der Waals surface area contributed by atoms with Gasteiger partial charge >= 0.3 is 0 Å². The van der Waals surface area contributed by atoms with E-state index in [0.717, 1.165) is 47.8 Å². The molecule has 3 heterocycles. The van der Waals surface area contributed by atoms with Crippen molar-refractivity contribution in [3.63, 3.8) is 0 Å². The van der Waals surface area contributed by atoms with E-state index in [0.29, 0.717) is 6.01 Å². The Balaban J connectivity index is 1.77. The lowest BCUT2D eigenvalue weighted by Gasteiger charge is -2.20. The van der Waals surface area contributed by atoms with Crippen molar-refractivity contribution < 1.29 is 4.42 Å². The first kappa shape index (κ1) is 14.3. The van der Waals surface area contributed by atoms with Gasteiger partial charge in [-0.2, -0.15) is 4.98 Å². The topological polar surface area (TPSA) is 55.9 Å². The fourth-order valence-electron chi connectivity index (χ4n) is 3.38. The molecule has 120 valence electrons. The van der Waals surface area contributed by atoms with Crippen LogP contribution in [0.1, 0.15) is 31.8 Å². The second-order valence-electron chi connectivity index (χ2n) is 6.44. The third-order valence-corrected chi connectivity index (χ3v) is 4.67. The highest BCUT2D eigenvalue weighted by atomic mass is 16.4. The summed E-state index contributed by atoms with van der Waals surface area (Å²) in [6.45, 7) is 8.37. The van der Waals surface area contributed by atoms with Crippen molar-refractivity contribution in [2.45, 2.75) is 40.2 Å². The van der Waals surface area contributed by atoms with Gasteiger partial charge in [0.15, 0.2) is 5.58 Å². The number of oxazole rings is 1. The summed E-state index contributed by atoms with van der Waals surface area (Å²) < 4.78 is 8.04. The average Bonchev–Trinajstić information content (AvgIpc) is 3.07. The van der Waals surface area contributed by atoms with Crippen molar-refractivity contribution in [1.82, 2.24) is 14.5 Å². The predicted molar refractivity (Wildman–Crippen MR) is 91.6 cm³/mol. The molecular formula is C18H22N4O. The van der Waals surface area contributed by atoms with Crippen LogP contribution in [-0.4, -0.2) is 21.1 Å². The Bertz CT molecular complexity index is 861. The van der Waals surface area contributed by atoms with Gasteiger partial charge in [-0.3, -0.25) is 0 Å². The number of benzene rings is 1. The van der Waals surface area contributed by atoms with E-state index in [2.05, 4.69) is 40.8 Å². The van der Waals surface area contributed by atoms with Crippen LogP contribution in [0.15, 0.2) is 22.6 Å². The van der Waals surface area contributed by atoms with E-state index in [9.17, 15) is 0 Å². The van der Waals surface area contributed by atoms with E-state index in [-0.39, 0.29) is 0 Å². The fraction of sp³-hybridized carbons (Fsp3) is 0.444. The SMILES string of the molecule is CCNc1nc2cc(-c3nc4n(c3C)CCC(C)C4)ccc2o1. The Hall–Kier alpha value is -2.30. The average molecular weight is 310 g/mol. The molecule has 0 radical (unpaired) electrons. The highest BCUT2D eigenvalue weighted by Crippen LogP contribution is 2.31. The molecule has 0 spiro atoms. The summed E-state index contributed by atoms with van der Waals surface area (Å²) in [6, 6.07) is 6.71. The number of anilines is 1. The minimum Gasteiger partial charge on any atom is -0.424 e. The highest BCUT2D eigenvalue weighted by molar-refractivity contribution is 5.81. The number of hydrogen-bond acceptors (Lipinski definition) is 4.